The molecule has 0 saturated carbocycles. The first-order valence-electron chi connectivity index (χ1n) is 8.80. The zero-order valence-electron chi connectivity index (χ0n) is 14.6. The minimum atomic E-state index is 0.0293. The van der Waals surface area contributed by atoms with Crippen molar-refractivity contribution in [1.29, 1.82) is 0 Å². The van der Waals surface area contributed by atoms with Gasteiger partial charge in [-0.15, -0.1) is 0 Å². The van der Waals surface area contributed by atoms with Gasteiger partial charge in [-0.1, -0.05) is 25.1 Å². The van der Waals surface area contributed by atoms with E-state index in [4.69, 9.17) is 4.74 Å². The summed E-state index contributed by atoms with van der Waals surface area (Å²) >= 11 is 0. The van der Waals surface area contributed by atoms with E-state index in [-0.39, 0.29) is 5.91 Å². The quantitative estimate of drug-likeness (QED) is 0.878. The third kappa shape index (κ3) is 5.31. The van der Waals surface area contributed by atoms with E-state index < -0.39 is 0 Å². The summed E-state index contributed by atoms with van der Waals surface area (Å²) in [5, 5.41) is 2.96. The second-order valence-electron chi connectivity index (χ2n) is 6.20. The number of nitrogens with zero attached hydrogens (tertiary/aromatic N) is 2. The summed E-state index contributed by atoms with van der Waals surface area (Å²) in [6.07, 6.45) is 0. The summed E-state index contributed by atoms with van der Waals surface area (Å²) in [5.74, 6) is 1.58. The fourth-order valence-corrected chi connectivity index (χ4v) is 2.90. The number of hydrogen-bond acceptors (Lipinski definition) is 4. The number of benzene rings is 2. The normalized spacial score (nSPS) is 15.7. The zero-order chi connectivity index (χ0) is 17.5. The Hall–Kier alpha value is -2.37. The van der Waals surface area contributed by atoms with Crippen LogP contribution < -0.4 is 10.1 Å². The molecule has 0 spiro atoms. The Kier molecular flexibility index (Phi) is 6.04. The zero-order valence-corrected chi connectivity index (χ0v) is 14.6. The van der Waals surface area contributed by atoms with Crippen LogP contribution in [-0.4, -0.2) is 55.0 Å². The van der Waals surface area contributed by atoms with Crippen molar-refractivity contribution in [1.82, 2.24) is 9.80 Å². The van der Waals surface area contributed by atoms with Crippen molar-refractivity contribution >= 4 is 11.6 Å². The molecule has 0 bridgehead atoms. The van der Waals surface area contributed by atoms with Gasteiger partial charge in [0.1, 0.15) is 11.5 Å². The SMILES string of the molecule is CCN1CCN(CC(=O)Nc2ccc(Oc3ccccc3)cc2)CC1. The van der Waals surface area contributed by atoms with E-state index in [0.29, 0.717) is 6.54 Å². The first-order valence-corrected chi connectivity index (χ1v) is 8.80. The molecule has 0 aromatic heterocycles. The van der Waals surface area contributed by atoms with E-state index >= 15 is 0 Å². The number of para-hydroxylation sites is 1. The lowest BCUT2D eigenvalue weighted by molar-refractivity contribution is -0.117. The van der Waals surface area contributed by atoms with E-state index in [9.17, 15) is 4.79 Å². The Bertz CT molecular complexity index is 665. The first kappa shape index (κ1) is 17.5. The topological polar surface area (TPSA) is 44.8 Å². The maximum atomic E-state index is 12.2. The van der Waals surface area contributed by atoms with E-state index in [2.05, 4.69) is 22.0 Å². The number of nitrogens with one attached hydrogen (secondary N) is 1. The van der Waals surface area contributed by atoms with Crippen LogP contribution in [0.25, 0.3) is 0 Å². The molecule has 5 heteroatoms. The highest BCUT2D eigenvalue weighted by Gasteiger charge is 2.17. The molecule has 1 N–H and O–H groups in total. The number of piperazine rings is 1. The summed E-state index contributed by atoms with van der Waals surface area (Å²) in [6.45, 7) is 7.67. The summed E-state index contributed by atoms with van der Waals surface area (Å²) < 4.78 is 5.75. The Balaban J connectivity index is 1.47. The molecule has 1 heterocycles. The molecule has 1 fully saturated rings. The lowest BCUT2D eigenvalue weighted by Gasteiger charge is -2.33. The first-order chi connectivity index (χ1) is 12.2. The minimum Gasteiger partial charge on any atom is -0.457 e. The van der Waals surface area contributed by atoms with Crippen molar-refractivity contribution in [3.8, 4) is 11.5 Å². The van der Waals surface area contributed by atoms with E-state index in [1.165, 1.54) is 0 Å². The number of hydrogen-bond donors (Lipinski definition) is 1. The second-order valence-corrected chi connectivity index (χ2v) is 6.20. The van der Waals surface area contributed by atoms with Crippen molar-refractivity contribution in [2.75, 3.05) is 44.6 Å². The number of carbonyl (C=O) groups excluding carboxylic acids is 1. The molecule has 1 aliphatic heterocycles. The predicted octanol–water partition coefficient (Wildman–Crippen LogP) is 3.05. The molecule has 2 aromatic carbocycles. The van der Waals surface area contributed by atoms with Crippen LogP contribution in [0.1, 0.15) is 6.92 Å². The predicted molar refractivity (Wildman–Crippen MR) is 100 cm³/mol. The van der Waals surface area contributed by atoms with Crippen LogP contribution in [-0.2, 0) is 4.79 Å². The highest BCUT2D eigenvalue weighted by atomic mass is 16.5. The maximum Gasteiger partial charge on any atom is 0.238 e. The van der Waals surface area contributed by atoms with E-state index in [1.807, 2.05) is 54.6 Å². The number of amides is 1. The van der Waals surface area contributed by atoms with Crippen molar-refractivity contribution < 1.29 is 9.53 Å². The van der Waals surface area contributed by atoms with Gasteiger partial charge in [0.25, 0.3) is 0 Å². The summed E-state index contributed by atoms with van der Waals surface area (Å²) in [6, 6.07) is 17.1. The standard InChI is InChI=1S/C20H25N3O2/c1-2-22-12-14-23(15-13-22)16-20(24)21-17-8-10-19(11-9-17)25-18-6-4-3-5-7-18/h3-11H,2,12-16H2,1H3,(H,21,24). The number of carbonyl (C=O) groups is 1. The lowest BCUT2D eigenvalue weighted by Crippen LogP contribution is -2.48. The van der Waals surface area contributed by atoms with Gasteiger partial charge >= 0.3 is 0 Å². The van der Waals surface area contributed by atoms with Crippen LogP contribution >= 0.6 is 0 Å². The van der Waals surface area contributed by atoms with Crippen LogP contribution in [0, 0.1) is 0 Å². The molecule has 0 radical (unpaired) electrons. The van der Waals surface area contributed by atoms with Crippen LogP contribution in [0.3, 0.4) is 0 Å². The van der Waals surface area contributed by atoms with Gasteiger partial charge in [0.05, 0.1) is 6.54 Å². The maximum absolute atomic E-state index is 12.2. The van der Waals surface area contributed by atoms with Crippen molar-refractivity contribution in [2.24, 2.45) is 0 Å². The highest BCUT2D eigenvalue weighted by molar-refractivity contribution is 5.92. The fourth-order valence-electron chi connectivity index (χ4n) is 2.90. The van der Waals surface area contributed by atoms with Crippen LogP contribution in [0.4, 0.5) is 5.69 Å². The van der Waals surface area contributed by atoms with Gasteiger partial charge in [0, 0.05) is 31.9 Å². The molecule has 3 rings (SSSR count). The molecule has 25 heavy (non-hydrogen) atoms. The number of ether oxygens (including phenoxy) is 1. The number of likely N-dealkylation sites (N-methyl/N-ethyl adjacent to an activating group) is 1. The van der Waals surface area contributed by atoms with Crippen LogP contribution in [0.15, 0.2) is 54.6 Å². The smallest absolute Gasteiger partial charge is 0.238 e. The third-order valence-corrected chi connectivity index (χ3v) is 4.40. The Labute approximate surface area is 149 Å². The van der Waals surface area contributed by atoms with Gasteiger partial charge < -0.3 is 15.0 Å². The van der Waals surface area contributed by atoms with Crippen LogP contribution in [0.2, 0.25) is 0 Å². The molecule has 0 atom stereocenters. The van der Waals surface area contributed by atoms with E-state index in [1.54, 1.807) is 0 Å². The molecule has 0 aliphatic carbocycles. The summed E-state index contributed by atoms with van der Waals surface area (Å²) in [4.78, 5) is 16.8. The Morgan fingerprint density at radius 3 is 2.16 bits per heavy atom. The summed E-state index contributed by atoms with van der Waals surface area (Å²) in [5.41, 5.74) is 0.789. The molecule has 1 saturated heterocycles. The molecule has 5 nitrogen and oxygen atoms in total. The van der Waals surface area contributed by atoms with Crippen molar-refractivity contribution in [2.45, 2.75) is 6.92 Å². The third-order valence-electron chi connectivity index (χ3n) is 4.40. The van der Waals surface area contributed by atoms with Crippen LogP contribution in [0.5, 0.6) is 11.5 Å². The second kappa shape index (κ2) is 8.65. The van der Waals surface area contributed by atoms with Gasteiger partial charge in [0.2, 0.25) is 5.91 Å². The van der Waals surface area contributed by atoms with Crippen molar-refractivity contribution in [3.63, 3.8) is 0 Å². The minimum absolute atomic E-state index is 0.0293. The van der Waals surface area contributed by atoms with Crippen molar-refractivity contribution in [3.05, 3.63) is 54.6 Å². The molecule has 2 aromatic rings. The summed E-state index contributed by atoms with van der Waals surface area (Å²) in [7, 11) is 0. The monoisotopic (exact) mass is 339 g/mol. The molecule has 1 aliphatic rings. The molecular formula is C20H25N3O2. The average molecular weight is 339 g/mol. The molecule has 0 unspecified atom stereocenters. The van der Waals surface area contributed by atoms with Gasteiger partial charge in [-0.3, -0.25) is 9.69 Å². The van der Waals surface area contributed by atoms with Gasteiger partial charge in [0.15, 0.2) is 0 Å². The van der Waals surface area contributed by atoms with E-state index in [0.717, 1.165) is 49.9 Å². The van der Waals surface area contributed by atoms with Gasteiger partial charge in [-0.25, -0.2) is 0 Å². The fraction of sp³-hybridized carbons (Fsp3) is 0.350. The van der Waals surface area contributed by atoms with Gasteiger partial charge in [-0.2, -0.15) is 0 Å². The molecular weight excluding hydrogens is 314 g/mol. The number of anilines is 1. The molecule has 132 valence electrons. The Morgan fingerprint density at radius 2 is 1.52 bits per heavy atom. The largest absolute Gasteiger partial charge is 0.457 e. The highest BCUT2D eigenvalue weighted by Crippen LogP contribution is 2.22. The molecule has 1 amide bonds. The Morgan fingerprint density at radius 1 is 0.920 bits per heavy atom. The lowest BCUT2D eigenvalue weighted by atomic mass is 10.3. The van der Waals surface area contributed by atoms with Gasteiger partial charge in [-0.05, 0) is 42.9 Å². The average Bonchev–Trinajstić information content (AvgIpc) is 2.65. The number of rotatable bonds is 6.